The van der Waals surface area contributed by atoms with E-state index < -0.39 is 0 Å². The molecule has 0 radical (unpaired) electrons. The summed E-state index contributed by atoms with van der Waals surface area (Å²) in [6.07, 6.45) is 6.37. The third kappa shape index (κ3) is 5.17. The molecule has 0 aliphatic rings. The fourth-order valence-corrected chi connectivity index (χ4v) is 2.57. The number of aliphatic imine (C=N–C) groups is 1. The van der Waals surface area contributed by atoms with E-state index in [2.05, 4.69) is 56.9 Å². The van der Waals surface area contributed by atoms with E-state index in [-0.39, 0.29) is 0 Å². The second kappa shape index (κ2) is 9.36. The largest absolute Gasteiger partial charge is 0.357 e. The minimum absolute atomic E-state index is 0.581. The van der Waals surface area contributed by atoms with Crippen LogP contribution in [0.4, 0.5) is 0 Å². The van der Waals surface area contributed by atoms with Gasteiger partial charge in [0.1, 0.15) is 0 Å². The van der Waals surface area contributed by atoms with Crippen LogP contribution in [0.3, 0.4) is 0 Å². The predicted octanol–water partition coefficient (Wildman–Crippen LogP) is 2.57. The Morgan fingerprint density at radius 1 is 1.04 bits per heavy atom. The van der Waals surface area contributed by atoms with Crippen molar-refractivity contribution in [3.05, 3.63) is 78.2 Å². The number of nitrogens with zero attached hydrogens (tertiary/aromatic N) is 4. The van der Waals surface area contributed by atoms with Crippen LogP contribution in [0, 0.1) is 0 Å². The van der Waals surface area contributed by atoms with Gasteiger partial charge in [0, 0.05) is 31.7 Å². The van der Waals surface area contributed by atoms with E-state index in [1.807, 2.05) is 30.5 Å². The van der Waals surface area contributed by atoms with Crippen LogP contribution in [0.5, 0.6) is 0 Å². The average molecular weight is 348 g/mol. The minimum atomic E-state index is 0.581. The molecule has 134 valence electrons. The molecule has 0 unspecified atom stereocenters. The van der Waals surface area contributed by atoms with Gasteiger partial charge in [0.15, 0.2) is 11.8 Å². The Morgan fingerprint density at radius 3 is 2.69 bits per heavy atom. The molecule has 6 nitrogen and oxygen atoms in total. The van der Waals surface area contributed by atoms with E-state index in [0.717, 1.165) is 36.9 Å². The number of hydrogen-bond acceptors (Lipinski definition) is 3. The fourth-order valence-electron chi connectivity index (χ4n) is 2.57. The molecule has 2 aromatic heterocycles. The molecule has 0 aliphatic heterocycles. The fraction of sp³-hybridized carbons (Fsp3) is 0.250. The summed E-state index contributed by atoms with van der Waals surface area (Å²) >= 11 is 0. The van der Waals surface area contributed by atoms with Gasteiger partial charge in [-0.15, -0.1) is 0 Å². The first-order valence-corrected chi connectivity index (χ1v) is 8.86. The first-order valence-electron chi connectivity index (χ1n) is 8.86. The van der Waals surface area contributed by atoms with Gasteiger partial charge in [-0.2, -0.15) is 5.10 Å². The summed E-state index contributed by atoms with van der Waals surface area (Å²) in [7, 11) is 0. The first kappa shape index (κ1) is 17.7. The summed E-state index contributed by atoms with van der Waals surface area (Å²) in [5, 5.41) is 10.9. The third-order valence-corrected chi connectivity index (χ3v) is 3.86. The normalized spacial score (nSPS) is 11.3. The number of aromatic nitrogens is 3. The highest BCUT2D eigenvalue weighted by molar-refractivity contribution is 5.79. The van der Waals surface area contributed by atoms with Gasteiger partial charge in [-0.3, -0.25) is 0 Å². The monoisotopic (exact) mass is 348 g/mol. The Morgan fingerprint density at radius 2 is 1.92 bits per heavy atom. The molecular weight excluding hydrogens is 324 g/mol. The number of pyridine rings is 1. The van der Waals surface area contributed by atoms with E-state index in [4.69, 9.17) is 0 Å². The van der Waals surface area contributed by atoms with Gasteiger partial charge in [0.05, 0.1) is 6.54 Å². The van der Waals surface area contributed by atoms with Gasteiger partial charge in [-0.1, -0.05) is 30.3 Å². The van der Waals surface area contributed by atoms with Crippen molar-refractivity contribution in [2.45, 2.75) is 19.9 Å². The lowest BCUT2D eigenvalue weighted by molar-refractivity contribution is 0.798. The van der Waals surface area contributed by atoms with E-state index in [9.17, 15) is 0 Å². The van der Waals surface area contributed by atoms with E-state index in [1.54, 1.807) is 17.1 Å². The van der Waals surface area contributed by atoms with Crippen molar-refractivity contribution in [3.63, 3.8) is 0 Å². The molecule has 0 aliphatic carbocycles. The van der Waals surface area contributed by atoms with Crippen LogP contribution in [0.1, 0.15) is 18.1 Å². The highest BCUT2D eigenvalue weighted by Crippen LogP contribution is 2.07. The second-order valence-electron chi connectivity index (χ2n) is 5.83. The first-order chi connectivity index (χ1) is 12.8. The summed E-state index contributed by atoms with van der Waals surface area (Å²) < 4.78 is 1.75. The lowest BCUT2D eigenvalue weighted by atomic mass is 10.1. The maximum Gasteiger partial charge on any atom is 0.191 e. The van der Waals surface area contributed by atoms with Crippen molar-refractivity contribution < 1.29 is 0 Å². The molecule has 3 aromatic rings. The zero-order valence-corrected chi connectivity index (χ0v) is 15.0. The highest BCUT2D eigenvalue weighted by atomic mass is 15.3. The van der Waals surface area contributed by atoms with Gasteiger partial charge in [-0.05, 0) is 42.7 Å². The van der Waals surface area contributed by atoms with Crippen molar-refractivity contribution in [3.8, 4) is 5.82 Å². The summed E-state index contributed by atoms with van der Waals surface area (Å²) in [6, 6.07) is 16.3. The lowest BCUT2D eigenvalue weighted by Crippen LogP contribution is -2.38. The molecule has 26 heavy (non-hydrogen) atoms. The molecule has 0 bridgehead atoms. The van der Waals surface area contributed by atoms with E-state index >= 15 is 0 Å². The SMILES string of the molecule is CCNC(=NCc1ccnc(-n2cccn2)c1)NCCc1ccccc1. The molecule has 6 heteroatoms. The summed E-state index contributed by atoms with van der Waals surface area (Å²) in [5.74, 6) is 1.62. The zero-order chi connectivity index (χ0) is 18.0. The Balaban J connectivity index is 1.59. The average Bonchev–Trinajstić information content (AvgIpc) is 3.22. The van der Waals surface area contributed by atoms with Gasteiger partial charge >= 0.3 is 0 Å². The molecule has 0 saturated carbocycles. The molecule has 0 atom stereocenters. The smallest absolute Gasteiger partial charge is 0.191 e. The molecule has 0 saturated heterocycles. The Kier molecular flexibility index (Phi) is 6.36. The van der Waals surface area contributed by atoms with Crippen molar-refractivity contribution in [1.29, 1.82) is 0 Å². The van der Waals surface area contributed by atoms with Crippen LogP contribution in [-0.4, -0.2) is 33.8 Å². The summed E-state index contributed by atoms with van der Waals surface area (Å²) in [6.45, 7) is 4.31. The van der Waals surface area contributed by atoms with Crippen molar-refractivity contribution in [2.75, 3.05) is 13.1 Å². The summed E-state index contributed by atoms with van der Waals surface area (Å²) in [4.78, 5) is 9.02. The summed E-state index contributed by atoms with van der Waals surface area (Å²) in [5.41, 5.74) is 2.40. The second-order valence-corrected chi connectivity index (χ2v) is 5.83. The molecule has 3 rings (SSSR count). The maximum absolute atomic E-state index is 4.67. The predicted molar refractivity (Wildman–Crippen MR) is 104 cm³/mol. The van der Waals surface area contributed by atoms with Crippen molar-refractivity contribution in [2.24, 2.45) is 4.99 Å². The standard InChI is InChI=1S/C20H24N6/c1-2-21-20(23-13-9-17-7-4-3-5-8-17)24-16-18-10-12-22-19(15-18)26-14-6-11-25-26/h3-8,10-12,14-15H,2,9,13,16H2,1H3,(H2,21,23,24). The quantitative estimate of drug-likeness (QED) is 0.509. The molecular formula is C20H24N6. The minimum Gasteiger partial charge on any atom is -0.357 e. The van der Waals surface area contributed by atoms with Crippen molar-refractivity contribution >= 4 is 5.96 Å². The Hall–Kier alpha value is -3.15. The molecule has 2 heterocycles. The van der Waals surface area contributed by atoms with Crippen LogP contribution >= 0.6 is 0 Å². The molecule has 2 N–H and O–H groups in total. The number of nitrogens with one attached hydrogen (secondary N) is 2. The molecule has 0 spiro atoms. The van der Waals surface area contributed by atoms with Crippen LogP contribution < -0.4 is 10.6 Å². The maximum atomic E-state index is 4.67. The molecule has 0 fully saturated rings. The van der Waals surface area contributed by atoms with Crippen LogP contribution in [0.2, 0.25) is 0 Å². The Labute approximate surface area is 154 Å². The number of benzene rings is 1. The lowest BCUT2D eigenvalue weighted by Gasteiger charge is -2.11. The number of hydrogen-bond donors (Lipinski definition) is 2. The number of guanidine groups is 1. The Bertz CT molecular complexity index is 811. The number of rotatable bonds is 7. The van der Waals surface area contributed by atoms with Crippen LogP contribution in [0.15, 0.2) is 72.1 Å². The van der Waals surface area contributed by atoms with Crippen LogP contribution in [-0.2, 0) is 13.0 Å². The van der Waals surface area contributed by atoms with Gasteiger partial charge in [0.2, 0.25) is 0 Å². The van der Waals surface area contributed by atoms with Crippen LogP contribution in [0.25, 0.3) is 5.82 Å². The topological polar surface area (TPSA) is 67.1 Å². The van der Waals surface area contributed by atoms with Gasteiger partial charge in [-0.25, -0.2) is 14.7 Å². The molecule has 0 amide bonds. The van der Waals surface area contributed by atoms with E-state index in [0.29, 0.717) is 6.54 Å². The van der Waals surface area contributed by atoms with Gasteiger partial charge in [0.25, 0.3) is 0 Å². The highest BCUT2D eigenvalue weighted by Gasteiger charge is 2.01. The zero-order valence-electron chi connectivity index (χ0n) is 15.0. The molecule has 1 aromatic carbocycles. The van der Waals surface area contributed by atoms with E-state index in [1.165, 1.54) is 5.56 Å². The third-order valence-electron chi connectivity index (χ3n) is 3.86. The van der Waals surface area contributed by atoms with Crippen molar-refractivity contribution in [1.82, 2.24) is 25.4 Å². The van der Waals surface area contributed by atoms with Gasteiger partial charge < -0.3 is 10.6 Å².